The highest BCUT2D eigenvalue weighted by atomic mass is 32.1. The molecule has 0 amide bonds. The van der Waals surface area contributed by atoms with Crippen LogP contribution in [-0.2, 0) is 6.54 Å². The molecule has 0 aliphatic heterocycles. The van der Waals surface area contributed by atoms with Crippen LogP contribution in [0, 0.1) is 11.8 Å². The maximum atomic E-state index is 5.15. The van der Waals surface area contributed by atoms with Crippen molar-refractivity contribution in [3.8, 4) is 0 Å². The number of hydrogen-bond donors (Lipinski definition) is 1. The molecule has 3 saturated carbocycles. The second kappa shape index (κ2) is 5.06. The Kier molecular flexibility index (Phi) is 3.42. The zero-order valence-corrected chi connectivity index (χ0v) is 14.4. The number of hydrogen-bond acceptors (Lipinski definition) is 3. The number of nitrogens with one attached hydrogen (secondary N) is 1. The molecule has 3 aliphatic rings. The molecule has 3 unspecified atom stereocenters. The molecule has 1 aromatic rings. The smallest absolute Gasteiger partial charge is 0.0965 e. The van der Waals surface area contributed by atoms with Crippen molar-refractivity contribution in [3.63, 3.8) is 0 Å². The molecule has 3 aliphatic carbocycles. The van der Waals surface area contributed by atoms with E-state index >= 15 is 0 Å². The molecule has 3 fully saturated rings. The molecule has 1 aromatic heterocycles. The van der Waals surface area contributed by atoms with Crippen molar-refractivity contribution in [2.45, 2.75) is 83.2 Å². The van der Waals surface area contributed by atoms with Crippen molar-refractivity contribution in [3.05, 3.63) is 15.6 Å². The first-order valence-electron chi connectivity index (χ1n) is 8.74. The molecule has 116 valence electrons. The molecule has 4 rings (SSSR count). The Hall–Kier alpha value is -0.410. The average molecular weight is 305 g/mol. The van der Waals surface area contributed by atoms with Gasteiger partial charge in [-0.05, 0) is 64.7 Å². The van der Waals surface area contributed by atoms with Gasteiger partial charge in [0, 0.05) is 28.8 Å². The largest absolute Gasteiger partial charge is 0.307 e. The van der Waals surface area contributed by atoms with Gasteiger partial charge in [0.25, 0.3) is 0 Å². The van der Waals surface area contributed by atoms with Crippen LogP contribution < -0.4 is 5.32 Å². The van der Waals surface area contributed by atoms with Gasteiger partial charge in [-0.3, -0.25) is 0 Å². The van der Waals surface area contributed by atoms with E-state index in [1.807, 2.05) is 11.3 Å². The Bertz CT molecular complexity index is 524. The van der Waals surface area contributed by atoms with E-state index in [1.54, 1.807) is 0 Å². The monoisotopic (exact) mass is 304 g/mol. The third-order valence-corrected chi connectivity index (χ3v) is 6.75. The highest BCUT2D eigenvalue weighted by Gasteiger charge is 2.42. The number of fused-ring (bicyclic) bond motifs is 2. The van der Waals surface area contributed by atoms with Crippen LogP contribution >= 0.6 is 11.3 Å². The van der Waals surface area contributed by atoms with Gasteiger partial charge >= 0.3 is 0 Å². The fourth-order valence-electron chi connectivity index (χ4n) is 4.24. The van der Waals surface area contributed by atoms with Crippen molar-refractivity contribution < 1.29 is 0 Å². The summed E-state index contributed by atoms with van der Waals surface area (Å²) in [5, 5.41) is 5.15. The van der Waals surface area contributed by atoms with Crippen LogP contribution in [0.3, 0.4) is 0 Å². The summed E-state index contributed by atoms with van der Waals surface area (Å²) in [6, 6.07) is 0. The van der Waals surface area contributed by atoms with E-state index in [9.17, 15) is 0 Å². The van der Waals surface area contributed by atoms with E-state index in [4.69, 9.17) is 4.98 Å². The molecule has 2 nitrogen and oxygen atoms in total. The van der Waals surface area contributed by atoms with E-state index in [2.05, 4.69) is 26.1 Å². The number of thiazole rings is 1. The lowest BCUT2D eigenvalue weighted by molar-refractivity contribution is 0.418. The Morgan fingerprint density at radius 2 is 1.95 bits per heavy atom. The minimum atomic E-state index is 0.192. The molecule has 1 N–H and O–H groups in total. The van der Waals surface area contributed by atoms with E-state index < -0.39 is 0 Å². The van der Waals surface area contributed by atoms with Gasteiger partial charge in [-0.25, -0.2) is 4.98 Å². The van der Waals surface area contributed by atoms with Gasteiger partial charge < -0.3 is 5.32 Å². The van der Waals surface area contributed by atoms with Crippen molar-refractivity contribution in [2.24, 2.45) is 11.8 Å². The lowest BCUT2D eigenvalue weighted by Gasteiger charge is -2.20. The van der Waals surface area contributed by atoms with E-state index in [0.29, 0.717) is 0 Å². The second-order valence-corrected chi connectivity index (χ2v) is 9.63. The molecule has 3 heteroatoms. The molecule has 0 saturated heterocycles. The van der Waals surface area contributed by atoms with E-state index in [-0.39, 0.29) is 5.54 Å². The maximum Gasteiger partial charge on any atom is 0.0965 e. The van der Waals surface area contributed by atoms with Crippen LogP contribution in [0.4, 0.5) is 0 Å². The summed E-state index contributed by atoms with van der Waals surface area (Å²) in [6.45, 7) is 7.76. The topological polar surface area (TPSA) is 24.9 Å². The summed E-state index contributed by atoms with van der Waals surface area (Å²) < 4.78 is 0. The highest BCUT2D eigenvalue weighted by Crippen LogP contribution is 2.54. The average Bonchev–Trinajstić information content (AvgIpc) is 2.88. The minimum Gasteiger partial charge on any atom is -0.307 e. The summed E-state index contributed by atoms with van der Waals surface area (Å²) in [4.78, 5) is 6.68. The molecular weight excluding hydrogens is 276 g/mol. The summed E-state index contributed by atoms with van der Waals surface area (Å²) >= 11 is 2.03. The molecular formula is C18H28N2S. The van der Waals surface area contributed by atoms with E-state index in [1.165, 1.54) is 54.1 Å². The van der Waals surface area contributed by atoms with Gasteiger partial charge in [0.15, 0.2) is 0 Å². The molecule has 21 heavy (non-hydrogen) atoms. The Morgan fingerprint density at radius 1 is 1.14 bits per heavy atom. The Morgan fingerprint density at radius 3 is 2.52 bits per heavy atom. The maximum absolute atomic E-state index is 5.15. The standard InChI is InChI=1S/C18H28N2S/c1-18(2,3)19-10-15-16(12-6-7-12)20-17(21-15)14-9-11-4-5-13(14)8-11/h11-14,19H,4-10H2,1-3H3. The van der Waals surface area contributed by atoms with Gasteiger partial charge in [-0.1, -0.05) is 6.42 Å². The zero-order chi connectivity index (χ0) is 14.6. The van der Waals surface area contributed by atoms with Crippen LogP contribution in [0.15, 0.2) is 0 Å². The number of nitrogens with zero attached hydrogens (tertiary/aromatic N) is 1. The first-order chi connectivity index (χ1) is 9.99. The zero-order valence-electron chi connectivity index (χ0n) is 13.6. The van der Waals surface area contributed by atoms with Crippen LogP contribution in [-0.4, -0.2) is 10.5 Å². The third kappa shape index (κ3) is 2.92. The normalized spacial score (nSPS) is 32.0. The molecule has 0 radical (unpaired) electrons. The van der Waals surface area contributed by atoms with Crippen LogP contribution in [0.5, 0.6) is 0 Å². The van der Waals surface area contributed by atoms with Crippen molar-refractivity contribution in [1.29, 1.82) is 0 Å². The number of rotatable bonds is 4. The predicted octanol–water partition coefficient (Wildman–Crippen LogP) is 4.81. The van der Waals surface area contributed by atoms with Crippen molar-refractivity contribution in [2.75, 3.05) is 0 Å². The second-order valence-electron chi connectivity index (χ2n) is 8.52. The lowest BCUT2D eigenvalue weighted by Crippen LogP contribution is -2.35. The first-order valence-corrected chi connectivity index (χ1v) is 9.56. The summed E-state index contributed by atoms with van der Waals surface area (Å²) in [6.07, 6.45) is 8.58. The van der Waals surface area contributed by atoms with E-state index in [0.717, 1.165) is 30.2 Å². The lowest BCUT2D eigenvalue weighted by atomic mass is 9.89. The molecule has 2 bridgehead atoms. The predicted molar refractivity (Wildman–Crippen MR) is 88.9 cm³/mol. The molecule has 1 heterocycles. The fourth-order valence-corrected chi connectivity index (χ4v) is 5.53. The van der Waals surface area contributed by atoms with Crippen LogP contribution in [0.2, 0.25) is 0 Å². The summed E-state index contributed by atoms with van der Waals surface area (Å²) in [7, 11) is 0. The fraction of sp³-hybridized carbons (Fsp3) is 0.833. The minimum absolute atomic E-state index is 0.192. The van der Waals surface area contributed by atoms with Crippen LogP contribution in [0.1, 0.15) is 86.7 Å². The van der Waals surface area contributed by atoms with Gasteiger partial charge in [-0.2, -0.15) is 0 Å². The van der Waals surface area contributed by atoms with Crippen LogP contribution in [0.25, 0.3) is 0 Å². The van der Waals surface area contributed by atoms with Gasteiger partial charge in [-0.15, -0.1) is 11.3 Å². The third-order valence-electron chi connectivity index (χ3n) is 5.54. The SMILES string of the molecule is CC(C)(C)NCc1sc(C2CC3CCC2C3)nc1C1CC1. The highest BCUT2D eigenvalue weighted by molar-refractivity contribution is 7.11. The van der Waals surface area contributed by atoms with Gasteiger partial charge in [0.1, 0.15) is 0 Å². The Balaban J connectivity index is 1.55. The number of aromatic nitrogens is 1. The Labute approximate surface area is 132 Å². The van der Waals surface area contributed by atoms with Crippen molar-refractivity contribution in [1.82, 2.24) is 10.3 Å². The van der Waals surface area contributed by atoms with Gasteiger partial charge in [0.05, 0.1) is 10.7 Å². The molecule has 0 aromatic carbocycles. The summed E-state index contributed by atoms with van der Waals surface area (Å²) in [5.74, 6) is 3.56. The summed E-state index contributed by atoms with van der Waals surface area (Å²) in [5.41, 5.74) is 1.65. The van der Waals surface area contributed by atoms with Crippen molar-refractivity contribution >= 4 is 11.3 Å². The molecule has 0 spiro atoms. The first kappa shape index (κ1) is 14.2. The van der Waals surface area contributed by atoms with Gasteiger partial charge in [0.2, 0.25) is 0 Å². The molecule has 3 atom stereocenters. The quantitative estimate of drug-likeness (QED) is 0.863.